The maximum Gasteiger partial charge on any atom is 0.120 e. The fraction of sp³-hybridized carbons (Fsp3) is 0.188. The number of rotatable bonds is 9. The van der Waals surface area contributed by atoms with Crippen LogP contribution in [0.3, 0.4) is 0 Å². The number of hydrogen-bond acceptors (Lipinski definition) is 3. The van der Waals surface area contributed by atoms with Crippen molar-refractivity contribution in [3.05, 3.63) is 131 Å². The van der Waals surface area contributed by atoms with Gasteiger partial charge < -0.3 is 19.1 Å². The van der Waals surface area contributed by atoms with Crippen molar-refractivity contribution >= 4 is 10.9 Å². The van der Waals surface area contributed by atoms with Crippen molar-refractivity contribution in [2.45, 2.75) is 26.5 Å². The average molecular weight is 478 g/mol. The summed E-state index contributed by atoms with van der Waals surface area (Å²) in [5, 5.41) is 10.2. The van der Waals surface area contributed by atoms with E-state index in [0.29, 0.717) is 6.61 Å². The molecule has 0 bridgehead atoms. The van der Waals surface area contributed by atoms with Crippen molar-refractivity contribution in [2.75, 3.05) is 13.2 Å². The highest BCUT2D eigenvalue weighted by atomic mass is 16.5. The summed E-state index contributed by atoms with van der Waals surface area (Å²) >= 11 is 0. The molecular formula is C32H31NO3. The summed E-state index contributed by atoms with van der Waals surface area (Å²) in [7, 11) is 0. The van der Waals surface area contributed by atoms with Gasteiger partial charge >= 0.3 is 0 Å². The van der Waals surface area contributed by atoms with Crippen LogP contribution in [-0.4, -0.2) is 22.9 Å². The Labute approximate surface area is 212 Å². The van der Waals surface area contributed by atoms with Gasteiger partial charge in [-0.3, -0.25) is 0 Å². The Kier molecular flexibility index (Phi) is 7.06. The van der Waals surface area contributed by atoms with Gasteiger partial charge in [0.15, 0.2) is 0 Å². The number of benzene rings is 4. The summed E-state index contributed by atoms with van der Waals surface area (Å²) in [5.74, 6) is 1.62. The lowest BCUT2D eigenvalue weighted by molar-refractivity contribution is 0.201. The second-order valence-electron chi connectivity index (χ2n) is 9.13. The van der Waals surface area contributed by atoms with Crippen LogP contribution in [0.2, 0.25) is 0 Å². The first kappa shape index (κ1) is 23.7. The van der Waals surface area contributed by atoms with Crippen LogP contribution in [0.15, 0.2) is 103 Å². The van der Waals surface area contributed by atoms with E-state index in [-0.39, 0.29) is 19.3 Å². The van der Waals surface area contributed by atoms with Crippen molar-refractivity contribution in [2.24, 2.45) is 0 Å². The first-order valence-electron chi connectivity index (χ1n) is 12.3. The zero-order valence-electron chi connectivity index (χ0n) is 20.7. The minimum atomic E-state index is -0.000568. The number of aromatic nitrogens is 1. The lowest BCUT2D eigenvalue weighted by atomic mass is 9.97. The van der Waals surface area contributed by atoms with Gasteiger partial charge in [-0.1, -0.05) is 72.3 Å². The first-order chi connectivity index (χ1) is 17.6. The Morgan fingerprint density at radius 2 is 1.42 bits per heavy atom. The quantitative estimate of drug-likeness (QED) is 0.253. The summed E-state index contributed by atoms with van der Waals surface area (Å²) in [5.41, 5.74) is 7.13. The third-order valence-electron chi connectivity index (χ3n) is 6.48. The van der Waals surface area contributed by atoms with Gasteiger partial charge in [0.2, 0.25) is 0 Å². The number of nitrogens with zero attached hydrogens (tertiary/aromatic N) is 1. The van der Waals surface area contributed by atoms with Crippen LogP contribution >= 0.6 is 0 Å². The third-order valence-corrected chi connectivity index (χ3v) is 6.48. The van der Waals surface area contributed by atoms with E-state index in [0.717, 1.165) is 28.1 Å². The third kappa shape index (κ3) is 5.14. The minimum absolute atomic E-state index is 0.000568. The lowest BCUT2D eigenvalue weighted by Gasteiger charge is -2.22. The predicted octanol–water partition coefficient (Wildman–Crippen LogP) is 6.85. The zero-order valence-corrected chi connectivity index (χ0v) is 20.7. The van der Waals surface area contributed by atoms with Crippen LogP contribution in [-0.2, 0) is 6.61 Å². The standard InChI is InChI=1S/C32H31NO3/c1-23-8-10-26(11-9-23)32(27-12-14-28(15-13-27)35-19-18-34)33-21-24(2)30-20-29(16-17-31(30)33)36-22-25-6-4-3-5-7-25/h3-17,20-21,32,34H,18-19,22H2,1-2H3. The highest BCUT2D eigenvalue weighted by Crippen LogP contribution is 2.35. The van der Waals surface area contributed by atoms with Crippen molar-refractivity contribution in [1.82, 2.24) is 4.57 Å². The molecule has 1 N–H and O–H groups in total. The minimum Gasteiger partial charge on any atom is -0.491 e. The summed E-state index contributed by atoms with van der Waals surface area (Å²) < 4.78 is 14.0. The highest BCUT2D eigenvalue weighted by molar-refractivity contribution is 5.85. The van der Waals surface area contributed by atoms with E-state index in [2.05, 4.69) is 91.3 Å². The molecule has 4 heteroatoms. The summed E-state index contributed by atoms with van der Waals surface area (Å²) in [6.07, 6.45) is 2.23. The van der Waals surface area contributed by atoms with Crippen molar-refractivity contribution in [3.8, 4) is 11.5 Å². The Hall–Kier alpha value is -4.02. The molecule has 0 saturated heterocycles. The molecule has 182 valence electrons. The molecule has 4 aromatic carbocycles. The van der Waals surface area contributed by atoms with Gasteiger partial charge in [-0.25, -0.2) is 0 Å². The van der Waals surface area contributed by atoms with Crippen molar-refractivity contribution < 1.29 is 14.6 Å². The molecule has 0 saturated carbocycles. The summed E-state index contributed by atoms with van der Waals surface area (Å²) in [6.45, 7) is 5.09. The van der Waals surface area contributed by atoms with Crippen LogP contribution in [0.4, 0.5) is 0 Å². The smallest absolute Gasteiger partial charge is 0.120 e. The lowest BCUT2D eigenvalue weighted by Crippen LogP contribution is -2.11. The van der Waals surface area contributed by atoms with E-state index in [1.165, 1.54) is 22.1 Å². The van der Waals surface area contributed by atoms with Crippen LogP contribution in [0.25, 0.3) is 10.9 Å². The van der Waals surface area contributed by atoms with Crippen LogP contribution < -0.4 is 9.47 Å². The fourth-order valence-electron chi connectivity index (χ4n) is 4.62. The monoisotopic (exact) mass is 477 g/mol. The molecule has 0 amide bonds. The van der Waals surface area contributed by atoms with Crippen LogP contribution in [0.1, 0.15) is 33.9 Å². The molecule has 0 radical (unpaired) electrons. The number of aryl methyl sites for hydroxylation is 2. The zero-order chi connectivity index (χ0) is 24.9. The van der Waals surface area contributed by atoms with Gasteiger partial charge in [-0.2, -0.15) is 0 Å². The number of aliphatic hydroxyl groups excluding tert-OH is 1. The highest BCUT2D eigenvalue weighted by Gasteiger charge is 2.20. The predicted molar refractivity (Wildman–Crippen MR) is 145 cm³/mol. The van der Waals surface area contributed by atoms with Gasteiger partial charge in [0, 0.05) is 17.1 Å². The van der Waals surface area contributed by atoms with Crippen LogP contribution in [0, 0.1) is 13.8 Å². The molecule has 0 fully saturated rings. The van der Waals surface area contributed by atoms with E-state index in [9.17, 15) is 0 Å². The Balaban J connectivity index is 1.51. The SMILES string of the molecule is Cc1ccc(C(c2ccc(OCCO)cc2)n2cc(C)c3cc(OCc4ccccc4)ccc32)cc1. The van der Waals surface area contributed by atoms with E-state index in [1.807, 2.05) is 30.3 Å². The second kappa shape index (κ2) is 10.7. The maximum absolute atomic E-state index is 9.07. The van der Waals surface area contributed by atoms with Crippen molar-refractivity contribution in [1.29, 1.82) is 0 Å². The normalized spacial score (nSPS) is 12.0. The van der Waals surface area contributed by atoms with Crippen LogP contribution in [0.5, 0.6) is 11.5 Å². The molecule has 1 unspecified atom stereocenters. The largest absolute Gasteiger partial charge is 0.491 e. The molecule has 5 rings (SSSR count). The van der Waals surface area contributed by atoms with E-state index >= 15 is 0 Å². The topological polar surface area (TPSA) is 43.6 Å². The Morgan fingerprint density at radius 3 is 2.11 bits per heavy atom. The maximum atomic E-state index is 9.07. The first-order valence-corrected chi connectivity index (χ1v) is 12.3. The fourth-order valence-corrected chi connectivity index (χ4v) is 4.62. The van der Waals surface area contributed by atoms with Gasteiger partial charge in [-0.15, -0.1) is 0 Å². The molecule has 0 spiro atoms. The molecular weight excluding hydrogens is 446 g/mol. The van der Waals surface area contributed by atoms with E-state index in [1.54, 1.807) is 0 Å². The number of hydrogen-bond donors (Lipinski definition) is 1. The molecule has 1 atom stereocenters. The van der Waals surface area contributed by atoms with E-state index in [4.69, 9.17) is 14.6 Å². The van der Waals surface area contributed by atoms with Gasteiger partial charge in [0.25, 0.3) is 0 Å². The molecule has 1 aromatic heterocycles. The number of ether oxygens (including phenoxy) is 2. The van der Waals surface area contributed by atoms with Gasteiger partial charge in [0.1, 0.15) is 24.7 Å². The molecule has 0 aliphatic heterocycles. The van der Waals surface area contributed by atoms with Gasteiger partial charge in [0.05, 0.1) is 12.6 Å². The molecule has 4 nitrogen and oxygen atoms in total. The molecule has 0 aliphatic carbocycles. The Morgan fingerprint density at radius 1 is 0.750 bits per heavy atom. The molecule has 1 heterocycles. The summed E-state index contributed by atoms with van der Waals surface area (Å²) in [6, 6.07) is 33.5. The average Bonchev–Trinajstić information content (AvgIpc) is 3.24. The molecule has 36 heavy (non-hydrogen) atoms. The molecule has 5 aromatic rings. The number of fused-ring (bicyclic) bond motifs is 1. The second-order valence-corrected chi connectivity index (χ2v) is 9.13. The van der Waals surface area contributed by atoms with E-state index < -0.39 is 0 Å². The van der Waals surface area contributed by atoms with Crippen molar-refractivity contribution in [3.63, 3.8) is 0 Å². The Bertz CT molecular complexity index is 1420. The number of aliphatic hydroxyl groups is 1. The molecule has 0 aliphatic rings. The van der Waals surface area contributed by atoms with Gasteiger partial charge in [-0.05, 0) is 66.4 Å². The summed E-state index contributed by atoms with van der Waals surface area (Å²) in [4.78, 5) is 0.